The number of imide groups is 2. The van der Waals surface area contributed by atoms with E-state index in [4.69, 9.17) is 11.6 Å². The molecule has 2 heterocycles. The van der Waals surface area contributed by atoms with Crippen LogP contribution < -0.4 is 10.2 Å². The van der Waals surface area contributed by atoms with Gasteiger partial charge in [-0.1, -0.05) is 23.7 Å². The summed E-state index contributed by atoms with van der Waals surface area (Å²) in [5.74, 6) is -2.08. The number of carbonyl (C=O) groups excluding carboxylic acids is 3. The Morgan fingerprint density at radius 2 is 1.67 bits per heavy atom. The Labute approximate surface area is 176 Å². The molecular weight excluding hydrogens is 409 g/mol. The van der Waals surface area contributed by atoms with Gasteiger partial charge in [-0.05, 0) is 60.2 Å². The number of barbiturate groups is 1. The highest BCUT2D eigenvalue weighted by molar-refractivity contribution is 6.39. The predicted molar refractivity (Wildman–Crippen MR) is 110 cm³/mol. The molecular formula is C22H15ClFN3O3. The third-order valence-electron chi connectivity index (χ3n) is 4.61. The Hall–Kier alpha value is -3.71. The molecule has 6 nitrogen and oxygen atoms in total. The average Bonchev–Trinajstić information content (AvgIpc) is 3.15. The van der Waals surface area contributed by atoms with E-state index in [-0.39, 0.29) is 11.3 Å². The van der Waals surface area contributed by atoms with E-state index in [9.17, 15) is 18.8 Å². The highest BCUT2D eigenvalue weighted by Gasteiger charge is 2.36. The van der Waals surface area contributed by atoms with E-state index >= 15 is 0 Å². The number of benzene rings is 2. The third-order valence-corrected chi connectivity index (χ3v) is 4.86. The zero-order valence-corrected chi connectivity index (χ0v) is 16.3. The molecule has 1 saturated heterocycles. The summed E-state index contributed by atoms with van der Waals surface area (Å²) in [5.41, 5.74) is 1.55. The minimum absolute atomic E-state index is 0.161. The molecule has 1 aliphatic heterocycles. The topological polar surface area (TPSA) is 71.4 Å². The van der Waals surface area contributed by atoms with Crippen molar-refractivity contribution in [3.8, 4) is 0 Å². The van der Waals surface area contributed by atoms with Crippen molar-refractivity contribution in [2.75, 3.05) is 4.90 Å². The summed E-state index contributed by atoms with van der Waals surface area (Å²) >= 11 is 5.92. The molecule has 0 atom stereocenters. The minimum Gasteiger partial charge on any atom is -0.344 e. The summed E-state index contributed by atoms with van der Waals surface area (Å²) in [5, 5.41) is 2.78. The molecule has 4 amide bonds. The lowest BCUT2D eigenvalue weighted by molar-refractivity contribution is -0.122. The van der Waals surface area contributed by atoms with Gasteiger partial charge in [0.25, 0.3) is 11.8 Å². The Morgan fingerprint density at radius 3 is 2.37 bits per heavy atom. The number of amides is 4. The summed E-state index contributed by atoms with van der Waals surface area (Å²) in [6, 6.07) is 14.8. The fraction of sp³-hybridized carbons (Fsp3) is 0.0455. The lowest BCUT2D eigenvalue weighted by Crippen LogP contribution is -2.54. The van der Waals surface area contributed by atoms with Crippen molar-refractivity contribution in [2.45, 2.75) is 6.54 Å². The molecule has 8 heteroatoms. The van der Waals surface area contributed by atoms with Crippen LogP contribution in [0.5, 0.6) is 0 Å². The monoisotopic (exact) mass is 423 g/mol. The molecule has 0 spiro atoms. The second kappa shape index (κ2) is 7.96. The normalized spacial score (nSPS) is 15.6. The van der Waals surface area contributed by atoms with Gasteiger partial charge in [-0.15, -0.1) is 0 Å². The van der Waals surface area contributed by atoms with Gasteiger partial charge >= 0.3 is 6.03 Å². The Balaban J connectivity index is 1.66. The van der Waals surface area contributed by atoms with Crippen molar-refractivity contribution in [3.05, 3.63) is 94.5 Å². The molecule has 0 aliphatic carbocycles. The highest BCUT2D eigenvalue weighted by atomic mass is 35.5. The zero-order chi connectivity index (χ0) is 21.3. The number of hydrogen-bond acceptors (Lipinski definition) is 3. The molecule has 0 bridgehead atoms. The number of rotatable bonds is 4. The third kappa shape index (κ3) is 3.88. The fourth-order valence-electron chi connectivity index (χ4n) is 3.12. The smallest absolute Gasteiger partial charge is 0.335 e. The Kier molecular flexibility index (Phi) is 5.20. The fourth-order valence-corrected chi connectivity index (χ4v) is 3.24. The molecule has 1 aromatic heterocycles. The number of carbonyl (C=O) groups is 3. The summed E-state index contributed by atoms with van der Waals surface area (Å²) < 4.78 is 15.1. The number of aromatic nitrogens is 1. The Bertz CT molecular complexity index is 1170. The molecule has 1 aliphatic rings. The van der Waals surface area contributed by atoms with Crippen molar-refractivity contribution in [3.63, 3.8) is 0 Å². The van der Waals surface area contributed by atoms with E-state index in [0.29, 0.717) is 17.3 Å². The van der Waals surface area contributed by atoms with E-state index in [1.54, 1.807) is 24.3 Å². The molecule has 0 saturated carbocycles. The van der Waals surface area contributed by atoms with Gasteiger partial charge in [0.1, 0.15) is 11.4 Å². The number of anilines is 1. The first kappa shape index (κ1) is 19.6. The summed E-state index contributed by atoms with van der Waals surface area (Å²) in [6.45, 7) is 0.500. The lowest BCUT2D eigenvalue weighted by Gasteiger charge is -2.26. The van der Waals surface area contributed by atoms with Crippen molar-refractivity contribution in [1.82, 2.24) is 9.88 Å². The van der Waals surface area contributed by atoms with Crippen molar-refractivity contribution in [2.24, 2.45) is 0 Å². The second-order valence-electron chi connectivity index (χ2n) is 6.62. The van der Waals surface area contributed by atoms with Crippen molar-refractivity contribution >= 4 is 41.2 Å². The number of halogens is 2. The van der Waals surface area contributed by atoms with Gasteiger partial charge in [0.15, 0.2) is 0 Å². The number of nitrogens with zero attached hydrogens (tertiary/aromatic N) is 2. The van der Waals surface area contributed by atoms with Crippen LogP contribution in [0, 0.1) is 5.82 Å². The Morgan fingerprint density at radius 1 is 0.967 bits per heavy atom. The number of nitrogens with one attached hydrogen (secondary N) is 1. The van der Waals surface area contributed by atoms with Gasteiger partial charge in [0.05, 0.1) is 5.69 Å². The van der Waals surface area contributed by atoms with Crippen LogP contribution in [0.3, 0.4) is 0 Å². The lowest BCUT2D eigenvalue weighted by atomic mass is 10.1. The molecule has 0 radical (unpaired) electrons. The summed E-state index contributed by atoms with van der Waals surface area (Å²) in [7, 11) is 0. The van der Waals surface area contributed by atoms with Gasteiger partial charge in [0, 0.05) is 23.5 Å². The van der Waals surface area contributed by atoms with E-state index in [1.807, 2.05) is 22.9 Å². The van der Waals surface area contributed by atoms with Crippen molar-refractivity contribution < 1.29 is 18.8 Å². The van der Waals surface area contributed by atoms with E-state index in [2.05, 4.69) is 5.32 Å². The van der Waals surface area contributed by atoms with Crippen LogP contribution in [0.25, 0.3) is 6.08 Å². The highest BCUT2D eigenvalue weighted by Crippen LogP contribution is 2.22. The largest absolute Gasteiger partial charge is 0.344 e. The van der Waals surface area contributed by atoms with Gasteiger partial charge < -0.3 is 4.57 Å². The zero-order valence-electron chi connectivity index (χ0n) is 15.5. The van der Waals surface area contributed by atoms with Gasteiger partial charge in [-0.3, -0.25) is 14.9 Å². The molecule has 0 unspecified atom stereocenters. The molecule has 3 aromatic rings. The van der Waals surface area contributed by atoms with Crippen LogP contribution >= 0.6 is 11.6 Å². The van der Waals surface area contributed by atoms with E-state index in [0.717, 1.165) is 22.6 Å². The molecule has 4 rings (SSSR count). The molecule has 1 fully saturated rings. The van der Waals surface area contributed by atoms with Crippen LogP contribution in [-0.4, -0.2) is 22.4 Å². The van der Waals surface area contributed by atoms with Gasteiger partial charge in [0.2, 0.25) is 0 Å². The maximum Gasteiger partial charge on any atom is 0.335 e. The standard InChI is InChI=1S/C22H15ClFN3O3/c23-15-5-3-14(4-6-15)13-26-11-1-2-18(26)12-19-20(28)25-22(30)27(21(19)29)17-9-7-16(24)8-10-17/h1-12H,13H2,(H,25,28,30)/b19-12-. The van der Waals surface area contributed by atoms with Gasteiger partial charge in [-0.2, -0.15) is 0 Å². The first-order valence-corrected chi connectivity index (χ1v) is 9.37. The van der Waals surface area contributed by atoms with Crippen molar-refractivity contribution in [1.29, 1.82) is 0 Å². The van der Waals surface area contributed by atoms with Crippen LogP contribution in [-0.2, 0) is 16.1 Å². The molecule has 2 aromatic carbocycles. The maximum absolute atomic E-state index is 13.2. The van der Waals surface area contributed by atoms with Crippen LogP contribution in [0.15, 0.2) is 72.4 Å². The van der Waals surface area contributed by atoms with E-state index in [1.165, 1.54) is 18.2 Å². The molecule has 30 heavy (non-hydrogen) atoms. The SMILES string of the molecule is O=C1NC(=O)N(c2ccc(F)cc2)C(=O)/C1=C\c1cccn1Cc1ccc(Cl)cc1. The first-order chi connectivity index (χ1) is 14.4. The first-order valence-electron chi connectivity index (χ1n) is 8.99. The van der Waals surface area contributed by atoms with Crippen LogP contribution in [0.2, 0.25) is 5.02 Å². The van der Waals surface area contributed by atoms with Crippen LogP contribution in [0.4, 0.5) is 14.9 Å². The number of urea groups is 1. The predicted octanol–water partition coefficient (Wildman–Crippen LogP) is 4.00. The molecule has 1 N–H and O–H groups in total. The minimum atomic E-state index is -0.884. The van der Waals surface area contributed by atoms with Crippen LogP contribution in [0.1, 0.15) is 11.3 Å². The van der Waals surface area contributed by atoms with Gasteiger partial charge in [-0.25, -0.2) is 14.1 Å². The molecule has 150 valence electrons. The summed E-state index contributed by atoms with van der Waals surface area (Å²) in [6.07, 6.45) is 3.24. The summed E-state index contributed by atoms with van der Waals surface area (Å²) in [4.78, 5) is 38.3. The maximum atomic E-state index is 13.2. The number of hydrogen-bond donors (Lipinski definition) is 1. The second-order valence-corrected chi connectivity index (χ2v) is 7.06. The van der Waals surface area contributed by atoms with E-state index < -0.39 is 23.7 Å². The average molecular weight is 424 g/mol. The quantitative estimate of drug-likeness (QED) is 0.509.